The number of carbonyl (C=O) groups is 2. The number of hydrogen-bond donors (Lipinski definition) is 2. The lowest BCUT2D eigenvalue weighted by atomic mass is 10.0. The van der Waals surface area contributed by atoms with Crippen molar-refractivity contribution in [2.24, 2.45) is 5.92 Å². The summed E-state index contributed by atoms with van der Waals surface area (Å²) in [5.74, 6) is -1.66. The molecule has 1 aliphatic heterocycles. The van der Waals surface area contributed by atoms with Gasteiger partial charge in [-0.1, -0.05) is 12.1 Å². The first-order valence-electron chi connectivity index (χ1n) is 6.50. The Morgan fingerprint density at radius 3 is 2.70 bits per heavy atom. The molecule has 1 aliphatic rings. The van der Waals surface area contributed by atoms with Crippen molar-refractivity contribution in [1.82, 2.24) is 0 Å². The average molecular weight is 278 g/mol. The molecule has 1 saturated heterocycles. The fourth-order valence-corrected chi connectivity index (χ4v) is 2.41. The van der Waals surface area contributed by atoms with Crippen molar-refractivity contribution in [2.45, 2.75) is 19.4 Å². The van der Waals surface area contributed by atoms with Crippen LogP contribution in [0.3, 0.4) is 0 Å². The zero-order valence-electron chi connectivity index (χ0n) is 11.3. The van der Waals surface area contributed by atoms with Crippen LogP contribution in [0.1, 0.15) is 13.3 Å². The van der Waals surface area contributed by atoms with E-state index in [2.05, 4.69) is 0 Å². The number of aliphatic carboxylic acids is 1. The topological polar surface area (TPSA) is 92.9 Å². The van der Waals surface area contributed by atoms with Crippen LogP contribution in [0.5, 0.6) is 0 Å². The van der Waals surface area contributed by atoms with Gasteiger partial charge in [-0.2, -0.15) is 0 Å². The number of hydrogen-bond acceptors (Lipinski definition) is 4. The molecular formula is C14H18N2O4. The van der Waals surface area contributed by atoms with Crippen molar-refractivity contribution in [2.75, 3.05) is 23.8 Å². The Labute approximate surface area is 117 Å². The van der Waals surface area contributed by atoms with Crippen LogP contribution < -0.4 is 10.6 Å². The van der Waals surface area contributed by atoms with Crippen LogP contribution in [0.4, 0.5) is 11.4 Å². The molecule has 0 saturated carbocycles. The highest BCUT2D eigenvalue weighted by molar-refractivity contribution is 6.01. The first-order valence-corrected chi connectivity index (χ1v) is 6.50. The standard InChI is InChI=1S/C14H18N2O4/c1-9-10(6-7-20-9)14(19)16(8-13(17)18)12-5-3-2-4-11(12)15/h2-5,9-10H,6-8,15H2,1H3,(H,17,18). The number of carboxylic acids is 1. The minimum atomic E-state index is -1.08. The number of nitrogens with zero attached hydrogens (tertiary/aromatic N) is 1. The summed E-state index contributed by atoms with van der Waals surface area (Å²) >= 11 is 0. The molecule has 0 spiro atoms. The maximum Gasteiger partial charge on any atom is 0.323 e. The molecule has 6 heteroatoms. The third-order valence-corrected chi connectivity index (χ3v) is 3.48. The lowest BCUT2D eigenvalue weighted by molar-refractivity contribution is -0.137. The van der Waals surface area contributed by atoms with Crippen molar-refractivity contribution < 1.29 is 19.4 Å². The SMILES string of the molecule is CC1OCCC1C(=O)N(CC(=O)O)c1ccccc1N. The molecule has 20 heavy (non-hydrogen) atoms. The Hall–Kier alpha value is -2.08. The molecule has 1 amide bonds. The number of carbonyl (C=O) groups excluding carboxylic acids is 1. The predicted octanol–water partition coefficient (Wildman–Crippen LogP) is 1.11. The van der Waals surface area contributed by atoms with E-state index in [0.29, 0.717) is 24.4 Å². The molecule has 1 aromatic rings. The zero-order valence-corrected chi connectivity index (χ0v) is 11.3. The second kappa shape index (κ2) is 5.92. The Kier molecular flexibility index (Phi) is 4.24. The summed E-state index contributed by atoms with van der Waals surface area (Å²) in [7, 11) is 0. The first kappa shape index (κ1) is 14.3. The van der Waals surface area contributed by atoms with E-state index in [9.17, 15) is 9.59 Å². The number of nitrogen functional groups attached to an aromatic ring is 1. The van der Waals surface area contributed by atoms with Crippen LogP contribution in [0.25, 0.3) is 0 Å². The van der Waals surface area contributed by atoms with E-state index in [4.69, 9.17) is 15.6 Å². The number of anilines is 2. The van der Waals surface area contributed by atoms with Crippen LogP contribution in [0.2, 0.25) is 0 Å². The van der Waals surface area contributed by atoms with Gasteiger partial charge in [0, 0.05) is 6.61 Å². The van der Waals surface area contributed by atoms with Crippen LogP contribution in [0.15, 0.2) is 24.3 Å². The summed E-state index contributed by atoms with van der Waals surface area (Å²) in [6.45, 7) is 1.93. The Morgan fingerprint density at radius 1 is 1.45 bits per heavy atom. The molecule has 2 unspecified atom stereocenters. The highest BCUT2D eigenvalue weighted by Gasteiger charge is 2.35. The summed E-state index contributed by atoms with van der Waals surface area (Å²) < 4.78 is 5.38. The minimum absolute atomic E-state index is 0.205. The molecule has 2 atom stereocenters. The van der Waals surface area contributed by atoms with Gasteiger partial charge in [-0.05, 0) is 25.5 Å². The highest BCUT2D eigenvalue weighted by atomic mass is 16.5. The van der Waals surface area contributed by atoms with Gasteiger partial charge in [0.2, 0.25) is 5.91 Å². The van der Waals surface area contributed by atoms with E-state index in [1.54, 1.807) is 24.3 Å². The molecule has 0 aromatic heterocycles. The van der Waals surface area contributed by atoms with Gasteiger partial charge in [0.25, 0.3) is 0 Å². The Morgan fingerprint density at radius 2 is 2.15 bits per heavy atom. The highest BCUT2D eigenvalue weighted by Crippen LogP contribution is 2.28. The smallest absolute Gasteiger partial charge is 0.323 e. The van der Waals surface area contributed by atoms with Gasteiger partial charge in [0.1, 0.15) is 6.54 Å². The molecule has 0 radical (unpaired) electrons. The molecule has 2 rings (SSSR count). The van der Waals surface area contributed by atoms with Crippen LogP contribution in [-0.4, -0.2) is 36.2 Å². The summed E-state index contributed by atoms with van der Waals surface area (Å²) in [5, 5.41) is 9.03. The largest absolute Gasteiger partial charge is 0.480 e. The van der Waals surface area contributed by atoms with Crippen molar-refractivity contribution in [1.29, 1.82) is 0 Å². The van der Waals surface area contributed by atoms with Gasteiger partial charge in [-0.3, -0.25) is 14.5 Å². The fourth-order valence-electron chi connectivity index (χ4n) is 2.41. The lowest BCUT2D eigenvalue weighted by Gasteiger charge is -2.26. The van der Waals surface area contributed by atoms with Crippen molar-refractivity contribution in [3.05, 3.63) is 24.3 Å². The van der Waals surface area contributed by atoms with Crippen molar-refractivity contribution in [3.63, 3.8) is 0 Å². The maximum atomic E-state index is 12.6. The van der Waals surface area contributed by atoms with Gasteiger partial charge < -0.3 is 15.6 Å². The van der Waals surface area contributed by atoms with E-state index in [1.165, 1.54) is 4.90 Å². The second-order valence-corrected chi connectivity index (χ2v) is 4.85. The van der Waals surface area contributed by atoms with E-state index in [-0.39, 0.29) is 17.9 Å². The molecule has 1 heterocycles. The number of ether oxygens (including phenoxy) is 1. The van der Waals surface area contributed by atoms with Crippen LogP contribution in [0, 0.1) is 5.92 Å². The number of benzene rings is 1. The van der Waals surface area contributed by atoms with Gasteiger partial charge >= 0.3 is 5.97 Å². The third kappa shape index (κ3) is 2.91. The number of nitrogens with two attached hydrogens (primary N) is 1. The molecule has 3 N–H and O–H groups in total. The van der Waals surface area contributed by atoms with E-state index >= 15 is 0 Å². The average Bonchev–Trinajstić information content (AvgIpc) is 2.82. The zero-order chi connectivity index (χ0) is 14.7. The molecule has 1 fully saturated rings. The minimum Gasteiger partial charge on any atom is -0.480 e. The molecule has 0 bridgehead atoms. The number of carboxylic acid groups (broad SMARTS) is 1. The number of amides is 1. The predicted molar refractivity (Wildman–Crippen MR) is 74.4 cm³/mol. The normalized spacial score (nSPS) is 21.6. The molecule has 6 nitrogen and oxygen atoms in total. The maximum absolute atomic E-state index is 12.6. The lowest BCUT2D eigenvalue weighted by Crippen LogP contribution is -2.42. The van der Waals surface area contributed by atoms with Crippen LogP contribution in [-0.2, 0) is 14.3 Å². The number of rotatable bonds is 4. The van der Waals surface area contributed by atoms with Crippen LogP contribution >= 0.6 is 0 Å². The Bertz CT molecular complexity index is 518. The van der Waals surface area contributed by atoms with Crippen molar-refractivity contribution >= 4 is 23.3 Å². The quantitative estimate of drug-likeness (QED) is 0.805. The van der Waals surface area contributed by atoms with Gasteiger partial charge in [-0.25, -0.2) is 0 Å². The van der Waals surface area contributed by atoms with Gasteiger partial charge in [-0.15, -0.1) is 0 Å². The fraction of sp³-hybridized carbons (Fsp3) is 0.429. The Balaban J connectivity index is 2.30. The monoisotopic (exact) mass is 278 g/mol. The third-order valence-electron chi connectivity index (χ3n) is 3.48. The number of para-hydroxylation sites is 2. The van der Waals surface area contributed by atoms with Gasteiger partial charge in [0.05, 0.1) is 23.4 Å². The first-order chi connectivity index (χ1) is 9.50. The van der Waals surface area contributed by atoms with E-state index in [1.807, 2.05) is 6.92 Å². The van der Waals surface area contributed by atoms with E-state index < -0.39 is 12.5 Å². The second-order valence-electron chi connectivity index (χ2n) is 4.85. The summed E-state index contributed by atoms with van der Waals surface area (Å²) in [6, 6.07) is 6.76. The van der Waals surface area contributed by atoms with E-state index in [0.717, 1.165) is 0 Å². The molecule has 108 valence electrons. The molecule has 0 aliphatic carbocycles. The summed E-state index contributed by atoms with van der Waals surface area (Å²) in [5.41, 5.74) is 6.66. The summed E-state index contributed by atoms with van der Waals surface area (Å²) in [6.07, 6.45) is 0.395. The van der Waals surface area contributed by atoms with Gasteiger partial charge in [0.15, 0.2) is 0 Å². The van der Waals surface area contributed by atoms with Crippen molar-refractivity contribution in [3.8, 4) is 0 Å². The molecule has 1 aromatic carbocycles. The molecular weight excluding hydrogens is 260 g/mol. The summed E-state index contributed by atoms with van der Waals surface area (Å²) in [4.78, 5) is 24.8.